The van der Waals surface area contributed by atoms with Crippen LogP contribution in [0.15, 0.2) is 18.2 Å². The normalized spacial score (nSPS) is 17.8. The number of piperazine rings is 1. The summed E-state index contributed by atoms with van der Waals surface area (Å²) in [5.41, 5.74) is 0.211. The lowest BCUT2D eigenvalue weighted by Crippen LogP contribution is -2.50. The van der Waals surface area contributed by atoms with E-state index in [1.807, 2.05) is 4.90 Å². The van der Waals surface area contributed by atoms with Crippen LogP contribution >= 0.6 is 0 Å². The molecule has 116 valence electrons. The van der Waals surface area contributed by atoms with Gasteiger partial charge in [0.05, 0.1) is 23.3 Å². The van der Waals surface area contributed by atoms with Gasteiger partial charge in [-0.25, -0.2) is 4.39 Å². The van der Waals surface area contributed by atoms with Crippen LogP contribution in [0.5, 0.6) is 0 Å². The molecule has 0 aliphatic carbocycles. The van der Waals surface area contributed by atoms with Gasteiger partial charge in [0, 0.05) is 45.4 Å². The largest absolute Gasteiger partial charge is 0.383 e. The van der Waals surface area contributed by atoms with E-state index in [0.717, 1.165) is 19.2 Å². The number of rotatable bonds is 5. The molecule has 1 heterocycles. The quantitative estimate of drug-likeness (QED) is 0.613. The summed E-state index contributed by atoms with van der Waals surface area (Å²) >= 11 is 0. The van der Waals surface area contributed by atoms with Crippen LogP contribution in [0.25, 0.3) is 0 Å². The molecule has 0 saturated carbocycles. The average molecular weight is 297 g/mol. The van der Waals surface area contributed by atoms with Crippen LogP contribution in [-0.2, 0) is 4.74 Å². The highest BCUT2D eigenvalue weighted by Crippen LogP contribution is 2.25. The zero-order valence-corrected chi connectivity index (χ0v) is 12.3. The van der Waals surface area contributed by atoms with Gasteiger partial charge in [0.1, 0.15) is 0 Å². The van der Waals surface area contributed by atoms with Crippen LogP contribution in [0.2, 0.25) is 0 Å². The first kappa shape index (κ1) is 15.7. The first-order valence-electron chi connectivity index (χ1n) is 6.95. The molecule has 0 radical (unpaired) electrons. The predicted octanol–water partition coefficient (Wildman–Crippen LogP) is 1.89. The molecule has 1 unspecified atom stereocenters. The number of nitrogens with zero attached hydrogens (tertiary/aromatic N) is 3. The Balaban J connectivity index is 2.00. The van der Waals surface area contributed by atoms with Crippen LogP contribution in [-0.4, -0.2) is 55.8 Å². The standard InChI is InChI=1S/C14H20FN3O3/c1-11(10-21-2)16-5-7-17(8-6-16)14-4-3-12(18(19)20)9-13(14)15/h3-4,9,11H,5-8,10H2,1-2H3. The minimum Gasteiger partial charge on any atom is -0.383 e. The molecular weight excluding hydrogens is 277 g/mol. The highest BCUT2D eigenvalue weighted by atomic mass is 19.1. The van der Waals surface area contributed by atoms with Gasteiger partial charge in [0.2, 0.25) is 0 Å². The SMILES string of the molecule is COCC(C)N1CCN(c2ccc([N+](=O)[O-])cc2F)CC1. The molecule has 1 atom stereocenters. The third kappa shape index (κ3) is 3.68. The molecule has 0 N–H and O–H groups in total. The summed E-state index contributed by atoms with van der Waals surface area (Å²) in [5, 5.41) is 10.6. The van der Waals surface area contributed by atoms with E-state index >= 15 is 0 Å². The maximum absolute atomic E-state index is 14.0. The monoisotopic (exact) mass is 297 g/mol. The number of hydrogen-bond acceptors (Lipinski definition) is 5. The van der Waals surface area contributed by atoms with Crippen molar-refractivity contribution in [3.8, 4) is 0 Å². The second-order valence-electron chi connectivity index (χ2n) is 5.22. The van der Waals surface area contributed by atoms with E-state index < -0.39 is 10.7 Å². The molecule has 0 spiro atoms. The van der Waals surface area contributed by atoms with E-state index in [0.29, 0.717) is 31.4 Å². The number of nitro groups is 1. The van der Waals surface area contributed by atoms with Crippen molar-refractivity contribution >= 4 is 11.4 Å². The van der Waals surface area contributed by atoms with Gasteiger partial charge in [-0.1, -0.05) is 0 Å². The van der Waals surface area contributed by atoms with Gasteiger partial charge < -0.3 is 9.64 Å². The lowest BCUT2D eigenvalue weighted by molar-refractivity contribution is -0.385. The molecule has 1 aliphatic heterocycles. The Kier molecular flexibility index (Phi) is 5.08. The fourth-order valence-corrected chi connectivity index (χ4v) is 2.62. The number of nitro benzene ring substituents is 1. The van der Waals surface area contributed by atoms with E-state index in [1.165, 1.54) is 12.1 Å². The third-order valence-electron chi connectivity index (χ3n) is 3.83. The van der Waals surface area contributed by atoms with Crippen LogP contribution in [0, 0.1) is 15.9 Å². The first-order valence-corrected chi connectivity index (χ1v) is 6.95. The van der Waals surface area contributed by atoms with Crippen molar-refractivity contribution in [1.82, 2.24) is 4.90 Å². The number of anilines is 1. The number of methoxy groups -OCH3 is 1. The Labute approximate surface area is 123 Å². The summed E-state index contributed by atoms with van der Waals surface area (Å²) in [6, 6.07) is 4.15. The van der Waals surface area contributed by atoms with Crippen LogP contribution in [0.3, 0.4) is 0 Å². The Morgan fingerprint density at radius 1 is 1.38 bits per heavy atom. The molecule has 0 amide bonds. The highest BCUT2D eigenvalue weighted by molar-refractivity contribution is 5.52. The smallest absolute Gasteiger partial charge is 0.272 e. The van der Waals surface area contributed by atoms with Gasteiger partial charge in [0.15, 0.2) is 5.82 Å². The summed E-state index contributed by atoms with van der Waals surface area (Å²) in [6.45, 7) is 5.81. The Bertz CT molecular complexity index is 504. The maximum atomic E-state index is 14.0. The predicted molar refractivity (Wildman–Crippen MR) is 78.2 cm³/mol. The minimum absolute atomic E-state index is 0.219. The summed E-state index contributed by atoms with van der Waals surface area (Å²) in [6.07, 6.45) is 0. The second kappa shape index (κ2) is 6.82. The third-order valence-corrected chi connectivity index (χ3v) is 3.83. The topological polar surface area (TPSA) is 58.8 Å². The minimum atomic E-state index is -0.586. The molecule has 7 heteroatoms. The average Bonchev–Trinajstić information content (AvgIpc) is 2.47. The van der Waals surface area contributed by atoms with Crippen LogP contribution in [0.4, 0.5) is 15.8 Å². The van der Waals surface area contributed by atoms with Crippen molar-refractivity contribution in [1.29, 1.82) is 0 Å². The van der Waals surface area contributed by atoms with Gasteiger partial charge in [0.25, 0.3) is 5.69 Å². The van der Waals surface area contributed by atoms with Gasteiger partial charge in [-0.15, -0.1) is 0 Å². The second-order valence-corrected chi connectivity index (χ2v) is 5.22. The zero-order chi connectivity index (χ0) is 15.4. The van der Waals surface area contributed by atoms with Crippen molar-refractivity contribution < 1.29 is 14.1 Å². The lowest BCUT2D eigenvalue weighted by atomic mass is 10.2. The van der Waals surface area contributed by atoms with E-state index in [2.05, 4.69) is 11.8 Å². The molecule has 1 aliphatic rings. The molecular formula is C14H20FN3O3. The fourth-order valence-electron chi connectivity index (χ4n) is 2.62. The number of benzene rings is 1. The molecule has 1 saturated heterocycles. The lowest BCUT2D eigenvalue weighted by Gasteiger charge is -2.38. The van der Waals surface area contributed by atoms with Crippen molar-refractivity contribution in [2.24, 2.45) is 0 Å². The van der Waals surface area contributed by atoms with Crippen molar-refractivity contribution in [3.05, 3.63) is 34.1 Å². The number of non-ortho nitro benzene ring substituents is 1. The zero-order valence-electron chi connectivity index (χ0n) is 12.3. The van der Waals surface area contributed by atoms with Gasteiger partial charge in [-0.05, 0) is 13.0 Å². The molecule has 2 rings (SSSR count). The Morgan fingerprint density at radius 2 is 2.05 bits per heavy atom. The first-order chi connectivity index (χ1) is 10.0. The fraction of sp³-hybridized carbons (Fsp3) is 0.571. The molecule has 1 fully saturated rings. The maximum Gasteiger partial charge on any atom is 0.272 e. The summed E-state index contributed by atoms with van der Waals surface area (Å²) in [7, 11) is 1.68. The Morgan fingerprint density at radius 3 is 2.57 bits per heavy atom. The van der Waals surface area contributed by atoms with E-state index in [4.69, 9.17) is 4.74 Å². The van der Waals surface area contributed by atoms with E-state index in [1.54, 1.807) is 7.11 Å². The van der Waals surface area contributed by atoms with Gasteiger partial charge >= 0.3 is 0 Å². The summed E-state index contributed by atoms with van der Waals surface area (Å²) in [5.74, 6) is -0.539. The van der Waals surface area contributed by atoms with Crippen LogP contribution < -0.4 is 4.90 Å². The Hall–Kier alpha value is -1.73. The van der Waals surface area contributed by atoms with E-state index in [-0.39, 0.29) is 5.69 Å². The highest BCUT2D eigenvalue weighted by Gasteiger charge is 2.23. The molecule has 21 heavy (non-hydrogen) atoms. The van der Waals surface area contributed by atoms with Gasteiger partial charge in [-0.3, -0.25) is 15.0 Å². The van der Waals surface area contributed by atoms with E-state index in [9.17, 15) is 14.5 Å². The van der Waals surface area contributed by atoms with Crippen LogP contribution in [0.1, 0.15) is 6.92 Å². The number of hydrogen-bond donors (Lipinski definition) is 0. The molecule has 1 aromatic rings. The van der Waals surface area contributed by atoms with Crippen molar-refractivity contribution in [2.45, 2.75) is 13.0 Å². The molecule has 0 aromatic heterocycles. The number of ether oxygens (including phenoxy) is 1. The number of halogens is 1. The molecule has 0 bridgehead atoms. The molecule has 6 nitrogen and oxygen atoms in total. The summed E-state index contributed by atoms with van der Waals surface area (Å²) in [4.78, 5) is 14.3. The molecule has 1 aromatic carbocycles. The van der Waals surface area contributed by atoms with Gasteiger partial charge in [-0.2, -0.15) is 0 Å². The van der Waals surface area contributed by atoms with Crippen molar-refractivity contribution in [3.63, 3.8) is 0 Å². The summed E-state index contributed by atoms with van der Waals surface area (Å²) < 4.78 is 19.1. The van der Waals surface area contributed by atoms with Crippen molar-refractivity contribution in [2.75, 3.05) is 44.8 Å².